The Balaban J connectivity index is 2.67. The van der Waals surface area contributed by atoms with Crippen LogP contribution in [0.3, 0.4) is 0 Å². The molecule has 1 atom stereocenters. The van der Waals surface area contributed by atoms with Crippen molar-refractivity contribution in [1.82, 2.24) is 0 Å². The summed E-state index contributed by atoms with van der Waals surface area (Å²) < 4.78 is 28.5. The van der Waals surface area contributed by atoms with Crippen molar-refractivity contribution >= 4 is 27.4 Å². The van der Waals surface area contributed by atoms with E-state index in [9.17, 15) is 18.0 Å². The molecule has 0 spiro atoms. The van der Waals surface area contributed by atoms with Crippen LogP contribution in [-0.2, 0) is 19.4 Å². The molecule has 0 heterocycles. The molecule has 1 rings (SSSR count). The zero-order valence-electron chi connectivity index (χ0n) is 11.7. The van der Waals surface area contributed by atoms with Gasteiger partial charge in [-0.3, -0.25) is 9.59 Å². The van der Waals surface area contributed by atoms with E-state index in [1.165, 1.54) is 0 Å². The molecule has 1 unspecified atom stereocenters. The van der Waals surface area contributed by atoms with E-state index in [2.05, 4.69) is 5.32 Å². The number of carboxylic acids is 1. The van der Waals surface area contributed by atoms with E-state index in [0.29, 0.717) is 18.0 Å². The Morgan fingerprint density at radius 2 is 1.86 bits per heavy atom. The topological polar surface area (TPSA) is 110 Å². The van der Waals surface area contributed by atoms with Crippen LogP contribution in [-0.4, -0.2) is 43.0 Å². The highest BCUT2D eigenvalue weighted by Crippen LogP contribution is 2.15. The van der Waals surface area contributed by atoms with Crippen LogP contribution in [0.25, 0.3) is 0 Å². The highest BCUT2D eigenvalue weighted by Gasteiger charge is 2.29. The minimum Gasteiger partial charge on any atom is -0.494 e. The third kappa shape index (κ3) is 5.07. The standard InChI is InChI=1S/C13H17NO6S/c1-3-20-11-6-4-10(5-7-11)14-12(15)8-21(18,19)9(2)13(16)17/h4-7,9H,3,8H2,1-2H3,(H,14,15)(H,16,17). The Morgan fingerprint density at radius 3 is 2.33 bits per heavy atom. The Morgan fingerprint density at radius 1 is 1.29 bits per heavy atom. The number of amides is 1. The van der Waals surface area contributed by atoms with Gasteiger partial charge in [0.05, 0.1) is 6.61 Å². The summed E-state index contributed by atoms with van der Waals surface area (Å²) in [4.78, 5) is 22.3. The van der Waals surface area contributed by atoms with E-state index >= 15 is 0 Å². The first kappa shape index (κ1) is 17.0. The second kappa shape index (κ2) is 7.07. The highest BCUT2D eigenvalue weighted by atomic mass is 32.2. The van der Waals surface area contributed by atoms with Crippen molar-refractivity contribution in [2.75, 3.05) is 17.7 Å². The number of benzene rings is 1. The average molecular weight is 315 g/mol. The van der Waals surface area contributed by atoms with Crippen LogP contribution in [0, 0.1) is 0 Å². The minimum atomic E-state index is -4.03. The maximum atomic E-state index is 11.7. The van der Waals surface area contributed by atoms with Crippen LogP contribution in [0.2, 0.25) is 0 Å². The number of carbonyl (C=O) groups excluding carboxylic acids is 1. The SMILES string of the molecule is CCOc1ccc(NC(=O)CS(=O)(=O)C(C)C(=O)O)cc1. The fourth-order valence-corrected chi connectivity index (χ4v) is 2.45. The van der Waals surface area contributed by atoms with Crippen molar-refractivity contribution in [3.8, 4) is 5.75 Å². The summed E-state index contributed by atoms with van der Waals surface area (Å²) >= 11 is 0. The van der Waals surface area contributed by atoms with Gasteiger partial charge in [-0.2, -0.15) is 0 Å². The van der Waals surface area contributed by atoms with E-state index in [4.69, 9.17) is 9.84 Å². The van der Waals surface area contributed by atoms with Crippen molar-refractivity contribution in [3.63, 3.8) is 0 Å². The van der Waals surface area contributed by atoms with E-state index in [0.717, 1.165) is 6.92 Å². The zero-order chi connectivity index (χ0) is 16.0. The summed E-state index contributed by atoms with van der Waals surface area (Å²) in [5, 5.41) is 9.45. The molecule has 0 bridgehead atoms. The molecule has 0 aliphatic carbocycles. The van der Waals surface area contributed by atoms with Crippen LogP contribution in [0.15, 0.2) is 24.3 Å². The lowest BCUT2D eigenvalue weighted by atomic mass is 10.3. The molecule has 0 fully saturated rings. The van der Waals surface area contributed by atoms with Gasteiger partial charge < -0.3 is 15.2 Å². The second-order valence-corrected chi connectivity index (χ2v) is 6.61. The van der Waals surface area contributed by atoms with E-state index in [1.807, 2.05) is 6.92 Å². The highest BCUT2D eigenvalue weighted by molar-refractivity contribution is 7.93. The zero-order valence-corrected chi connectivity index (χ0v) is 12.5. The van der Waals surface area contributed by atoms with Gasteiger partial charge in [-0.05, 0) is 38.1 Å². The number of aliphatic carboxylic acids is 1. The third-order valence-corrected chi connectivity index (χ3v) is 4.61. The lowest BCUT2D eigenvalue weighted by Crippen LogP contribution is -2.34. The summed E-state index contributed by atoms with van der Waals surface area (Å²) in [5.74, 6) is -2.52. The van der Waals surface area contributed by atoms with Crippen LogP contribution in [0.5, 0.6) is 5.75 Å². The van der Waals surface area contributed by atoms with Crippen LogP contribution in [0.1, 0.15) is 13.8 Å². The van der Waals surface area contributed by atoms with Gasteiger partial charge in [-0.15, -0.1) is 0 Å². The second-order valence-electron chi connectivity index (χ2n) is 4.29. The number of carboxylic acid groups (broad SMARTS) is 1. The van der Waals surface area contributed by atoms with E-state index in [-0.39, 0.29) is 0 Å². The summed E-state index contributed by atoms with van der Waals surface area (Å²) in [7, 11) is -4.03. The summed E-state index contributed by atoms with van der Waals surface area (Å²) in [6.07, 6.45) is 0. The Hall–Kier alpha value is -2.09. The number of ether oxygens (including phenoxy) is 1. The molecule has 0 aliphatic rings. The fourth-order valence-electron chi connectivity index (χ4n) is 1.46. The van der Waals surface area contributed by atoms with Gasteiger partial charge in [0.25, 0.3) is 0 Å². The predicted molar refractivity (Wildman–Crippen MR) is 77.1 cm³/mol. The van der Waals surface area contributed by atoms with Crippen LogP contribution < -0.4 is 10.1 Å². The number of carbonyl (C=O) groups is 2. The van der Waals surface area contributed by atoms with Crippen molar-refractivity contribution in [2.24, 2.45) is 0 Å². The first-order valence-electron chi connectivity index (χ1n) is 6.23. The number of sulfone groups is 1. The van der Waals surface area contributed by atoms with Gasteiger partial charge in [-0.25, -0.2) is 8.42 Å². The molecule has 7 nitrogen and oxygen atoms in total. The van der Waals surface area contributed by atoms with Gasteiger partial charge in [-0.1, -0.05) is 0 Å². The minimum absolute atomic E-state index is 0.404. The van der Waals surface area contributed by atoms with Crippen LogP contribution >= 0.6 is 0 Å². The lowest BCUT2D eigenvalue weighted by Gasteiger charge is -2.09. The van der Waals surface area contributed by atoms with E-state index in [1.54, 1.807) is 24.3 Å². The van der Waals surface area contributed by atoms with Gasteiger partial charge in [0, 0.05) is 5.69 Å². The summed E-state index contributed by atoms with van der Waals surface area (Å²) in [6, 6.07) is 6.40. The van der Waals surface area contributed by atoms with Crippen molar-refractivity contribution < 1.29 is 27.9 Å². The first-order valence-corrected chi connectivity index (χ1v) is 7.95. The molecule has 1 aromatic carbocycles. The Kier molecular flexibility index (Phi) is 5.71. The molecule has 0 aliphatic heterocycles. The van der Waals surface area contributed by atoms with Crippen molar-refractivity contribution in [2.45, 2.75) is 19.1 Å². The fraction of sp³-hybridized carbons (Fsp3) is 0.385. The third-order valence-electron chi connectivity index (χ3n) is 2.67. The van der Waals surface area contributed by atoms with Gasteiger partial charge in [0.2, 0.25) is 5.91 Å². The van der Waals surface area contributed by atoms with Crippen molar-refractivity contribution in [1.29, 1.82) is 0 Å². The number of anilines is 1. The predicted octanol–water partition coefficient (Wildman–Crippen LogP) is 0.912. The maximum absolute atomic E-state index is 11.7. The molecular weight excluding hydrogens is 298 g/mol. The molecule has 0 aromatic heterocycles. The molecule has 0 saturated carbocycles. The molecule has 0 saturated heterocycles. The number of nitrogens with one attached hydrogen (secondary N) is 1. The Labute approximate surface area is 122 Å². The first-order chi connectivity index (χ1) is 9.76. The number of hydrogen-bond acceptors (Lipinski definition) is 5. The maximum Gasteiger partial charge on any atom is 0.321 e. The molecule has 116 valence electrons. The summed E-state index contributed by atoms with van der Waals surface area (Å²) in [6.45, 7) is 3.38. The summed E-state index contributed by atoms with van der Waals surface area (Å²) in [5.41, 5.74) is 0.404. The molecule has 2 N–H and O–H groups in total. The molecular formula is C13H17NO6S. The lowest BCUT2D eigenvalue weighted by molar-refractivity contribution is -0.136. The number of hydrogen-bond donors (Lipinski definition) is 2. The van der Waals surface area contributed by atoms with Gasteiger partial charge in [0.1, 0.15) is 11.5 Å². The molecule has 8 heteroatoms. The smallest absolute Gasteiger partial charge is 0.321 e. The molecule has 1 aromatic rings. The largest absolute Gasteiger partial charge is 0.494 e. The monoisotopic (exact) mass is 315 g/mol. The quantitative estimate of drug-likeness (QED) is 0.774. The number of rotatable bonds is 7. The Bertz CT molecular complexity index is 608. The van der Waals surface area contributed by atoms with Gasteiger partial charge in [0.15, 0.2) is 15.1 Å². The van der Waals surface area contributed by atoms with E-state index < -0.39 is 32.7 Å². The molecule has 21 heavy (non-hydrogen) atoms. The molecule has 1 amide bonds. The van der Waals surface area contributed by atoms with Crippen LogP contribution in [0.4, 0.5) is 5.69 Å². The average Bonchev–Trinajstić information content (AvgIpc) is 2.39. The normalized spacial score (nSPS) is 12.5. The van der Waals surface area contributed by atoms with Crippen molar-refractivity contribution in [3.05, 3.63) is 24.3 Å². The van der Waals surface area contributed by atoms with Gasteiger partial charge >= 0.3 is 5.97 Å². The molecule has 0 radical (unpaired) electrons.